The second-order valence-electron chi connectivity index (χ2n) is 7.07. The standard InChI is InChI=1S/C24H22N2O5S/c1-30-17-12-13-22(31-2)20(14-17)25-24(27)16-26-15-23(19-10-6-7-11-21(19)26)32(28,29)18-8-4-3-5-9-18/h3-15H,16H2,1-2H3,(H,25,27). The number of aromatic nitrogens is 1. The molecule has 0 fully saturated rings. The molecule has 0 bridgehead atoms. The van der Waals surface area contributed by atoms with E-state index in [1.807, 2.05) is 0 Å². The van der Waals surface area contributed by atoms with Gasteiger partial charge in [-0.3, -0.25) is 4.79 Å². The van der Waals surface area contributed by atoms with Gasteiger partial charge in [0, 0.05) is 23.2 Å². The number of methoxy groups -OCH3 is 2. The SMILES string of the molecule is COc1ccc(OC)c(NC(=O)Cn2cc(S(=O)(=O)c3ccccc3)c3ccccc32)c1. The van der Waals surface area contributed by atoms with Crippen molar-refractivity contribution in [1.29, 1.82) is 0 Å². The van der Waals surface area contributed by atoms with Crippen molar-refractivity contribution in [1.82, 2.24) is 4.57 Å². The summed E-state index contributed by atoms with van der Waals surface area (Å²) < 4.78 is 38.7. The highest BCUT2D eigenvalue weighted by Crippen LogP contribution is 2.31. The number of benzene rings is 3. The van der Waals surface area contributed by atoms with Gasteiger partial charge in [0.2, 0.25) is 15.7 Å². The minimum Gasteiger partial charge on any atom is -0.497 e. The number of carbonyl (C=O) groups excluding carboxylic acids is 1. The number of hydrogen-bond acceptors (Lipinski definition) is 5. The summed E-state index contributed by atoms with van der Waals surface area (Å²) in [5.74, 6) is 0.730. The summed E-state index contributed by atoms with van der Waals surface area (Å²) in [6, 6.07) is 20.4. The normalized spacial score (nSPS) is 11.3. The Balaban J connectivity index is 1.69. The van der Waals surface area contributed by atoms with Gasteiger partial charge < -0.3 is 19.4 Å². The summed E-state index contributed by atoms with van der Waals surface area (Å²) in [7, 11) is -0.701. The van der Waals surface area contributed by atoms with E-state index in [2.05, 4.69) is 5.32 Å². The van der Waals surface area contributed by atoms with Crippen LogP contribution in [0.4, 0.5) is 5.69 Å². The van der Waals surface area contributed by atoms with Gasteiger partial charge in [-0.15, -0.1) is 0 Å². The number of sulfone groups is 1. The summed E-state index contributed by atoms with van der Waals surface area (Å²) in [6.07, 6.45) is 1.51. The molecule has 0 saturated heterocycles. The molecule has 0 aliphatic rings. The summed E-state index contributed by atoms with van der Waals surface area (Å²) >= 11 is 0. The van der Waals surface area contributed by atoms with Crippen LogP contribution in [0, 0.1) is 0 Å². The lowest BCUT2D eigenvalue weighted by Crippen LogP contribution is -2.18. The fraction of sp³-hybridized carbons (Fsp3) is 0.125. The third-order valence-corrected chi connectivity index (χ3v) is 6.89. The second kappa shape index (κ2) is 8.76. The van der Waals surface area contributed by atoms with Crippen molar-refractivity contribution in [3.8, 4) is 11.5 Å². The van der Waals surface area contributed by atoms with Crippen LogP contribution in [0.2, 0.25) is 0 Å². The van der Waals surface area contributed by atoms with Crippen molar-refractivity contribution >= 4 is 32.3 Å². The fourth-order valence-corrected chi connectivity index (χ4v) is 5.04. The van der Waals surface area contributed by atoms with E-state index < -0.39 is 9.84 Å². The van der Waals surface area contributed by atoms with Gasteiger partial charge in [-0.2, -0.15) is 0 Å². The third-order valence-electron chi connectivity index (χ3n) is 5.09. The van der Waals surface area contributed by atoms with Gasteiger partial charge in [0.05, 0.1) is 29.7 Å². The molecule has 0 atom stereocenters. The number of para-hydroxylation sites is 1. The fourth-order valence-electron chi connectivity index (χ4n) is 3.54. The van der Waals surface area contributed by atoms with E-state index in [9.17, 15) is 13.2 Å². The molecule has 0 aliphatic heterocycles. The lowest BCUT2D eigenvalue weighted by Gasteiger charge is -2.12. The zero-order chi connectivity index (χ0) is 22.7. The van der Waals surface area contributed by atoms with Gasteiger partial charge in [0.25, 0.3) is 0 Å². The Morgan fingerprint density at radius 1 is 0.938 bits per heavy atom. The number of hydrogen-bond donors (Lipinski definition) is 1. The van der Waals surface area contributed by atoms with Gasteiger partial charge in [-0.05, 0) is 30.3 Å². The maximum absolute atomic E-state index is 13.2. The Kier molecular flexibility index (Phi) is 5.87. The van der Waals surface area contributed by atoms with Crippen LogP contribution in [-0.4, -0.2) is 33.1 Å². The molecule has 7 nitrogen and oxygen atoms in total. The molecule has 4 aromatic rings. The topological polar surface area (TPSA) is 86.6 Å². The van der Waals surface area contributed by atoms with Crippen LogP contribution in [0.15, 0.2) is 88.8 Å². The maximum atomic E-state index is 13.2. The summed E-state index contributed by atoms with van der Waals surface area (Å²) in [4.78, 5) is 13.2. The van der Waals surface area contributed by atoms with Crippen molar-refractivity contribution in [2.75, 3.05) is 19.5 Å². The lowest BCUT2D eigenvalue weighted by atomic mass is 10.2. The van der Waals surface area contributed by atoms with Crippen LogP contribution in [0.1, 0.15) is 0 Å². The van der Waals surface area contributed by atoms with Gasteiger partial charge in [0.15, 0.2) is 0 Å². The summed E-state index contributed by atoms with van der Waals surface area (Å²) in [5, 5.41) is 3.37. The quantitative estimate of drug-likeness (QED) is 0.458. The molecule has 1 amide bonds. The van der Waals surface area contributed by atoms with Gasteiger partial charge in [0.1, 0.15) is 18.0 Å². The van der Waals surface area contributed by atoms with E-state index in [1.54, 1.807) is 77.4 Å². The number of nitrogens with zero attached hydrogens (tertiary/aromatic N) is 1. The molecular weight excluding hydrogens is 428 g/mol. The van der Waals surface area contributed by atoms with Crippen molar-refractivity contribution in [3.05, 3.63) is 79.0 Å². The number of fused-ring (bicyclic) bond motifs is 1. The molecule has 1 N–H and O–H groups in total. The molecule has 8 heteroatoms. The average molecular weight is 451 g/mol. The first-order chi connectivity index (χ1) is 15.4. The van der Waals surface area contributed by atoms with Crippen LogP contribution in [0.25, 0.3) is 10.9 Å². The molecule has 0 radical (unpaired) electrons. The minimum absolute atomic E-state index is 0.0782. The van der Waals surface area contributed by atoms with E-state index in [4.69, 9.17) is 9.47 Å². The molecule has 164 valence electrons. The van der Waals surface area contributed by atoms with Crippen molar-refractivity contribution in [2.45, 2.75) is 16.3 Å². The third kappa shape index (κ3) is 4.04. The molecule has 0 aliphatic carbocycles. The summed E-state index contributed by atoms with van der Waals surface area (Å²) in [6.45, 7) is -0.0782. The molecule has 4 rings (SSSR count). The Morgan fingerprint density at radius 3 is 2.38 bits per heavy atom. The largest absolute Gasteiger partial charge is 0.497 e. The van der Waals surface area contributed by atoms with Crippen LogP contribution in [-0.2, 0) is 21.2 Å². The molecule has 1 heterocycles. The molecule has 0 spiro atoms. The highest BCUT2D eigenvalue weighted by Gasteiger charge is 2.23. The molecule has 0 unspecified atom stereocenters. The van der Waals surface area contributed by atoms with Crippen LogP contribution >= 0.6 is 0 Å². The Bertz CT molecular complexity index is 1380. The monoisotopic (exact) mass is 450 g/mol. The predicted octanol–water partition coefficient (Wildman–Crippen LogP) is 4.13. The van der Waals surface area contributed by atoms with Crippen LogP contribution in [0.5, 0.6) is 11.5 Å². The summed E-state index contributed by atoms with van der Waals surface area (Å²) in [5.41, 5.74) is 1.11. The first-order valence-electron chi connectivity index (χ1n) is 9.84. The van der Waals surface area contributed by atoms with Crippen molar-refractivity contribution < 1.29 is 22.7 Å². The minimum atomic E-state index is -3.75. The number of rotatable bonds is 7. The number of nitrogens with one attached hydrogen (secondary N) is 1. The van der Waals surface area contributed by atoms with Gasteiger partial charge in [-0.1, -0.05) is 36.4 Å². The van der Waals surface area contributed by atoms with Crippen LogP contribution < -0.4 is 14.8 Å². The molecular formula is C24H22N2O5S. The van der Waals surface area contributed by atoms with Crippen LogP contribution in [0.3, 0.4) is 0 Å². The van der Waals surface area contributed by atoms with Crippen molar-refractivity contribution in [2.24, 2.45) is 0 Å². The highest BCUT2D eigenvalue weighted by atomic mass is 32.2. The Labute approximate surface area is 186 Å². The molecule has 3 aromatic carbocycles. The number of carbonyl (C=O) groups is 1. The second-order valence-corrected chi connectivity index (χ2v) is 8.99. The first-order valence-corrected chi connectivity index (χ1v) is 11.3. The van der Waals surface area contributed by atoms with E-state index in [1.165, 1.54) is 20.4 Å². The number of ether oxygens (including phenoxy) is 2. The van der Waals surface area contributed by atoms with Gasteiger partial charge in [-0.25, -0.2) is 8.42 Å². The Hall–Kier alpha value is -3.78. The number of anilines is 1. The van der Waals surface area contributed by atoms with Gasteiger partial charge >= 0.3 is 0 Å². The average Bonchev–Trinajstić information content (AvgIpc) is 3.18. The highest BCUT2D eigenvalue weighted by molar-refractivity contribution is 7.91. The first kappa shape index (κ1) is 21.5. The molecule has 32 heavy (non-hydrogen) atoms. The van der Waals surface area contributed by atoms with E-state index in [0.717, 1.165) is 0 Å². The zero-order valence-corrected chi connectivity index (χ0v) is 18.4. The van der Waals surface area contributed by atoms with E-state index >= 15 is 0 Å². The maximum Gasteiger partial charge on any atom is 0.244 e. The Morgan fingerprint density at radius 2 is 1.66 bits per heavy atom. The van der Waals surface area contributed by atoms with Crippen molar-refractivity contribution in [3.63, 3.8) is 0 Å². The zero-order valence-electron chi connectivity index (χ0n) is 17.6. The number of amides is 1. The smallest absolute Gasteiger partial charge is 0.244 e. The lowest BCUT2D eigenvalue weighted by molar-refractivity contribution is -0.116. The molecule has 0 saturated carbocycles. The molecule has 1 aromatic heterocycles. The van der Waals surface area contributed by atoms with E-state index in [-0.39, 0.29) is 22.2 Å². The predicted molar refractivity (Wildman–Crippen MR) is 122 cm³/mol. The van der Waals surface area contributed by atoms with E-state index in [0.29, 0.717) is 28.1 Å².